The summed E-state index contributed by atoms with van der Waals surface area (Å²) >= 11 is 5.22. The molecule has 25 heavy (non-hydrogen) atoms. The maximum Gasteiger partial charge on any atom is 0.295 e. The SMILES string of the molecule is Cc1c(NC(=S)Nc2ccccc2F)c(=O)n(-c2ccccc2)n1C. The van der Waals surface area contributed by atoms with Crippen LogP contribution in [0.5, 0.6) is 0 Å². The molecule has 1 heterocycles. The predicted octanol–water partition coefficient (Wildman–Crippen LogP) is 3.43. The Morgan fingerprint density at radius 3 is 2.36 bits per heavy atom. The Morgan fingerprint density at radius 1 is 1.04 bits per heavy atom. The van der Waals surface area contributed by atoms with E-state index >= 15 is 0 Å². The predicted molar refractivity (Wildman–Crippen MR) is 102 cm³/mol. The number of benzene rings is 2. The van der Waals surface area contributed by atoms with Gasteiger partial charge in [-0.1, -0.05) is 30.3 Å². The summed E-state index contributed by atoms with van der Waals surface area (Å²) in [6.07, 6.45) is 0. The van der Waals surface area contributed by atoms with Gasteiger partial charge in [-0.3, -0.25) is 9.48 Å². The summed E-state index contributed by atoms with van der Waals surface area (Å²) in [4.78, 5) is 12.8. The first kappa shape index (κ1) is 16.9. The van der Waals surface area contributed by atoms with E-state index < -0.39 is 5.82 Å². The third-order valence-corrected chi connectivity index (χ3v) is 4.12. The Morgan fingerprint density at radius 2 is 1.68 bits per heavy atom. The van der Waals surface area contributed by atoms with Crippen LogP contribution in [0, 0.1) is 12.7 Å². The van der Waals surface area contributed by atoms with Gasteiger partial charge >= 0.3 is 0 Å². The lowest BCUT2D eigenvalue weighted by Gasteiger charge is -2.10. The van der Waals surface area contributed by atoms with Crippen molar-refractivity contribution in [1.29, 1.82) is 0 Å². The van der Waals surface area contributed by atoms with E-state index in [1.807, 2.05) is 37.3 Å². The van der Waals surface area contributed by atoms with E-state index in [-0.39, 0.29) is 16.4 Å². The van der Waals surface area contributed by atoms with Crippen molar-refractivity contribution in [2.45, 2.75) is 6.92 Å². The molecule has 0 radical (unpaired) electrons. The van der Waals surface area contributed by atoms with E-state index in [1.165, 1.54) is 6.07 Å². The summed E-state index contributed by atoms with van der Waals surface area (Å²) in [5, 5.41) is 5.80. The molecule has 5 nitrogen and oxygen atoms in total. The summed E-state index contributed by atoms with van der Waals surface area (Å²) in [6.45, 7) is 1.81. The van der Waals surface area contributed by atoms with Crippen LogP contribution in [0.2, 0.25) is 0 Å². The van der Waals surface area contributed by atoms with Crippen molar-refractivity contribution in [2.24, 2.45) is 7.05 Å². The van der Waals surface area contributed by atoms with E-state index in [1.54, 1.807) is 34.6 Å². The van der Waals surface area contributed by atoms with Gasteiger partial charge in [-0.2, -0.15) is 0 Å². The number of rotatable bonds is 3. The Hall–Kier alpha value is -2.93. The fourth-order valence-electron chi connectivity index (χ4n) is 2.54. The molecule has 0 spiro atoms. The molecule has 2 aromatic carbocycles. The van der Waals surface area contributed by atoms with Gasteiger partial charge in [0.2, 0.25) is 0 Å². The Bertz CT molecular complexity index is 978. The number of aromatic nitrogens is 2. The lowest BCUT2D eigenvalue weighted by Crippen LogP contribution is -2.25. The van der Waals surface area contributed by atoms with Crippen LogP contribution in [0.1, 0.15) is 5.69 Å². The highest BCUT2D eigenvalue weighted by molar-refractivity contribution is 7.80. The minimum absolute atomic E-state index is 0.149. The molecule has 7 heteroatoms. The summed E-state index contributed by atoms with van der Waals surface area (Å²) in [6, 6.07) is 15.5. The van der Waals surface area contributed by atoms with Gasteiger partial charge in [-0.15, -0.1) is 0 Å². The maximum absolute atomic E-state index is 13.7. The lowest BCUT2D eigenvalue weighted by atomic mass is 10.3. The zero-order chi connectivity index (χ0) is 18.0. The third-order valence-electron chi connectivity index (χ3n) is 3.91. The zero-order valence-electron chi connectivity index (χ0n) is 13.8. The summed E-state index contributed by atoms with van der Waals surface area (Å²) in [5.74, 6) is -0.418. The number of thiocarbonyl (C=S) groups is 1. The smallest absolute Gasteiger partial charge is 0.295 e. The maximum atomic E-state index is 13.7. The van der Waals surface area contributed by atoms with Gasteiger partial charge in [0.1, 0.15) is 11.5 Å². The second kappa shape index (κ2) is 6.90. The standard InChI is InChI=1S/C18H17FN4OS/c1-12-16(21-18(25)20-15-11-7-6-10-14(15)19)17(24)23(22(12)2)13-8-4-3-5-9-13/h3-11H,1-2H3,(H2,20,21,25). The largest absolute Gasteiger partial charge is 0.330 e. The van der Waals surface area contributed by atoms with E-state index in [9.17, 15) is 9.18 Å². The number of halogens is 1. The Kier molecular flexibility index (Phi) is 4.67. The molecule has 3 rings (SSSR count). The molecule has 0 aliphatic rings. The second-order valence-corrected chi connectivity index (χ2v) is 5.90. The van der Waals surface area contributed by atoms with Crippen LogP contribution in [0.3, 0.4) is 0 Å². The van der Waals surface area contributed by atoms with E-state index in [4.69, 9.17) is 12.2 Å². The summed E-state index contributed by atoms with van der Waals surface area (Å²) in [7, 11) is 1.79. The van der Waals surface area contributed by atoms with Gasteiger partial charge in [-0.25, -0.2) is 9.07 Å². The summed E-state index contributed by atoms with van der Waals surface area (Å²) < 4.78 is 17.0. The van der Waals surface area contributed by atoms with Crippen molar-refractivity contribution in [2.75, 3.05) is 10.6 Å². The minimum atomic E-state index is -0.418. The average Bonchev–Trinajstić information content (AvgIpc) is 2.81. The van der Waals surface area contributed by atoms with Crippen LogP contribution in [-0.2, 0) is 7.05 Å². The van der Waals surface area contributed by atoms with E-state index in [2.05, 4.69) is 10.6 Å². The normalized spacial score (nSPS) is 10.5. The van der Waals surface area contributed by atoms with Crippen molar-refractivity contribution < 1.29 is 4.39 Å². The number of nitrogens with one attached hydrogen (secondary N) is 2. The van der Waals surface area contributed by atoms with Crippen molar-refractivity contribution >= 4 is 28.7 Å². The van der Waals surface area contributed by atoms with Gasteiger partial charge in [0.15, 0.2) is 5.11 Å². The molecule has 0 fully saturated rings. The minimum Gasteiger partial charge on any atom is -0.330 e. The quantitative estimate of drug-likeness (QED) is 0.706. The molecule has 2 N–H and O–H groups in total. The monoisotopic (exact) mass is 356 g/mol. The van der Waals surface area contributed by atoms with Crippen LogP contribution in [-0.4, -0.2) is 14.5 Å². The van der Waals surface area contributed by atoms with Crippen LogP contribution >= 0.6 is 12.2 Å². The Labute approximate surface area is 149 Å². The summed E-state index contributed by atoms with van der Waals surface area (Å²) in [5.41, 5.74) is 1.83. The van der Waals surface area contributed by atoms with Gasteiger partial charge in [0, 0.05) is 7.05 Å². The van der Waals surface area contributed by atoms with Crippen molar-refractivity contribution in [3.05, 3.63) is 76.5 Å². The topological polar surface area (TPSA) is 51.0 Å². The molecule has 0 saturated carbocycles. The van der Waals surface area contributed by atoms with Crippen LogP contribution in [0.15, 0.2) is 59.4 Å². The average molecular weight is 356 g/mol. The highest BCUT2D eigenvalue weighted by Crippen LogP contribution is 2.16. The first-order valence-electron chi connectivity index (χ1n) is 7.65. The molecule has 0 bridgehead atoms. The van der Waals surface area contributed by atoms with Crippen molar-refractivity contribution in [3.8, 4) is 5.69 Å². The number of anilines is 2. The molecular formula is C18H17FN4OS. The molecule has 128 valence electrons. The van der Waals surface area contributed by atoms with Gasteiger partial charge in [-0.05, 0) is 43.4 Å². The highest BCUT2D eigenvalue weighted by atomic mass is 32.1. The van der Waals surface area contributed by atoms with Crippen LogP contribution in [0.4, 0.5) is 15.8 Å². The zero-order valence-corrected chi connectivity index (χ0v) is 14.6. The molecule has 0 amide bonds. The van der Waals surface area contributed by atoms with Gasteiger partial charge in [0.05, 0.1) is 17.1 Å². The van der Waals surface area contributed by atoms with Crippen molar-refractivity contribution in [3.63, 3.8) is 0 Å². The molecule has 1 aromatic heterocycles. The second-order valence-electron chi connectivity index (χ2n) is 5.50. The molecule has 0 saturated heterocycles. The van der Waals surface area contributed by atoms with Gasteiger partial charge < -0.3 is 10.6 Å². The fourth-order valence-corrected chi connectivity index (χ4v) is 2.75. The number of para-hydroxylation sites is 2. The van der Waals surface area contributed by atoms with Gasteiger partial charge in [0.25, 0.3) is 5.56 Å². The molecule has 3 aromatic rings. The Balaban J connectivity index is 1.90. The first-order chi connectivity index (χ1) is 12.0. The molecule has 0 atom stereocenters. The number of nitrogens with zero attached hydrogens (tertiary/aromatic N) is 2. The van der Waals surface area contributed by atoms with E-state index in [0.29, 0.717) is 11.4 Å². The number of hydrogen-bond donors (Lipinski definition) is 2. The highest BCUT2D eigenvalue weighted by Gasteiger charge is 2.17. The first-order valence-corrected chi connectivity index (χ1v) is 8.06. The lowest BCUT2D eigenvalue weighted by molar-refractivity contribution is 0.630. The molecule has 0 aliphatic carbocycles. The van der Waals surface area contributed by atoms with Crippen LogP contribution < -0.4 is 16.2 Å². The fraction of sp³-hybridized carbons (Fsp3) is 0.111. The molecule has 0 aliphatic heterocycles. The molecular weight excluding hydrogens is 339 g/mol. The van der Waals surface area contributed by atoms with E-state index in [0.717, 1.165) is 5.69 Å². The molecule has 0 unspecified atom stereocenters. The third kappa shape index (κ3) is 3.32. The number of hydrogen-bond acceptors (Lipinski definition) is 2. The van der Waals surface area contributed by atoms with Crippen molar-refractivity contribution in [1.82, 2.24) is 9.36 Å². The van der Waals surface area contributed by atoms with Crippen LogP contribution in [0.25, 0.3) is 5.69 Å².